The average Bonchev–Trinajstić information content (AvgIpc) is 3.50. The van der Waals surface area contributed by atoms with E-state index in [0.717, 1.165) is 38.5 Å². The van der Waals surface area contributed by atoms with E-state index in [1.165, 1.54) is 50.1 Å². The van der Waals surface area contributed by atoms with Gasteiger partial charge in [0.1, 0.15) is 0 Å². The smallest absolute Gasteiger partial charge is 0.0493 e. The summed E-state index contributed by atoms with van der Waals surface area (Å²) >= 11 is 0. The van der Waals surface area contributed by atoms with Crippen LogP contribution in [0.5, 0.6) is 0 Å². The van der Waals surface area contributed by atoms with Crippen molar-refractivity contribution in [2.45, 2.75) is 99.1 Å². The maximum atomic E-state index is 3.91. The zero-order chi connectivity index (χ0) is 29.3. The molecule has 0 saturated heterocycles. The zero-order valence-electron chi connectivity index (χ0n) is 26.3. The van der Waals surface area contributed by atoms with Gasteiger partial charge in [-0.2, -0.15) is 0 Å². The van der Waals surface area contributed by atoms with Crippen LogP contribution in [0, 0.1) is 0 Å². The molecule has 2 atom stereocenters. The number of rotatable bonds is 4. The molecule has 2 aliphatic heterocycles. The van der Waals surface area contributed by atoms with Gasteiger partial charge in [0.25, 0.3) is 0 Å². The number of fused-ring (bicyclic) bond motifs is 1. The van der Waals surface area contributed by atoms with Crippen LogP contribution < -0.4 is 9.80 Å². The van der Waals surface area contributed by atoms with Gasteiger partial charge in [-0.1, -0.05) is 82.8 Å². The Morgan fingerprint density at radius 3 is 2.22 bits per heavy atom. The molecule has 0 N–H and O–H groups in total. The molecule has 2 heteroatoms. The van der Waals surface area contributed by atoms with Crippen LogP contribution in [0.15, 0.2) is 90.3 Å². The van der Waals surface area contributed by atoms with E-state index >= 15 is 0 Å². The van der Waals surface area contributed by atoms with Crippen LogP contribution in [0.1, 0.15) is 90.0 Å². The quantitative estimate of drug-likeness (QED) is 0.301. The van der Waals surface area contributed by atoms with Gasteiger partial charge in [-0.15, -0.1) is 0 Å². The molecule has 214 valence electrons. The molecule has 0 fully saturated rings. The largest absolute Gasteiger partial charge is 0.341 e. The van der Waals surface area contributed by atoms with Crippen molar-refractivity contribution in [3.63, 3.8) is 0 Å². The summed E-state index contributed by atoms with van der Waals surface area (Å²) in [4.78, 5) is 5.26. The highest BCUT2D eigenvalue weighted by molar-refractivity contribution is 6.07. The van der Waals surface area contributed by atoms with Gasteiger partial charge in [0.2, 0.25) is 0 Å². The molecule has 0 saturated carbocycles. The highest BCUT2D eigenvalue weighted by Gasteiger charge is 2.35. The SMILES string of the molecule is C=C/C=C\C1=C(C)CC(C)N1c1ccc2c3c4c(ccc13)CCC(N1c3ccccc3CC1C)=C4CC2.CC.CC. The van der Waals surface area contributed by atoms with E-state index in [-0.39, 0.29) is 0 Å². The Bertz CT molecular complexity index is 1550. The number of para-hydroxylation sites is 1. The molecule has 2 unspecified atom stereocenters. The lowest BCUT2D eigenvalue weighted by molar-refractivity contribution is 0.698. The van der Waals surface area contributed by atoms with E-state index in [9.17, 15) is 0 Å². The topological polar surface area (TPSA) is 6.48 Å². The van der Waals surface area contributed by atoms with Crippen molar-refractivity contribution in [1.82, 2.24) is 0 Å². The molecule has 7 rings (SSSR count). The number of aryl methyl sites for hydroxylation is 2. The summed E-state index contributed by atoms with van der Waals surface area (Å²) in [5, 5.41) is 2.92. The predicted octanol–water partition coefficient (Wildman–Crippen LogP) is 10.6. The van der Waals surface area contributed by atoms with Crippen LogP contribution in [0.4, 0.5) is 11.4 Å². The molecule has 3 aromatic carbocycles. The second kappa shape index (κ2) is 12.1. The fraction of sp³-hybridized carbons (Fsp3) is 0.385. The first kappa shape index (κ1) is 29.0. The summed E-state index contributed by atoms with van der Waals surface area (Å²) < 4.78 is 0. The summed E-state index contributed by atoms with van der Waals surface area (Å²) in [5.74, 6) is 0. The normalized spacial score (nSPS) is 20.7. The van der Waals surface area contributed by atoms with Gasteiger partial charge >= 0.3 is 0 Å². The van der Waals surface area contributed by atoms with Gasteiger partial charge < -0.3 is 9.80 Å². The van der Waals surface area contributed by atoms with Gasteiger partial charge in [0, 0.05) is 40.2 Å². The highest BCUT2D eigenvalue weighted by atomic mass is 15.2. The van der Waals surface area contributed by atoms with Crippen molar-refractivity contribution in [1.29, 1.82) is 0 Å². The van der Waals surface area contributed by atoms with E-state index in [1.54, 1.807) is 16.8 Å². The Balaban J connectivity index is 0.000000810. The number of allylic oxidation sites excluding steroid dienone is 5. The average molecular weight is 545 g/mol. The lowest BCUT2D eigenvalue weighted by Gasteiger charge is -2.37. The molecule has 0 aromatic heterocycles. The molecule has 2 aliphatic carbocycles. The van der Waals surface area contributed by atoms with Gasteiger partial charge in [0.15, 0.2) is 0 Å². The van der Waals surface area contributed by atoms with Gasteiger partial charge in [-0.05, 0) is 116 Å². The van der Waals surface area contributed by atoms with Crippen LogP contribution >= 0.6 is 0 Å². The lowest BCUT2D eigenvalue weighted by Crippen LogP contribution is -2.32. The lowest BCUT2D eigenvalue weighted by atomic mass is 9.76. The van der Waals surface area contributed by atoms with Crippen LogP contribution in [0.3, 0.4) is 0 Å². The third kappa shape index (κ3) is 4.76. The Kier molecular flexibility index (Phi) is 8.59. The Labute approximate surface area is 248 Å². The third-order valence-corrected chi connectivity index (χ3v) is 9.14. The monoisotopic (exact) mass is 544 g/mol. The molecule has 4 aliphatic rings. The zero-order valence-corrected chi connectivity index (χ0v) is 26.3. The van der Waals surface area contributed by atoms with Gasteiger partial charge in [-0.3, -0.25) is 0 Å². The standard InChI is InChI=1S/C35H36N2.2C2H6/c1-5-6-10-30-22(2)20-23(3)36(30)32-18-14-25-13-17-29-33(19-15-26-12-16-28(32)34(25)35(26)29)37-24(4)21-27-9-7-8-11-31(27)37;2*1-2/h5-12,14,16,18,23-24H,1,13,15,17,19-21H2,2-4H3;2*1-2H3/b10-6-;;. The molecule has 2 heterocycles. The summed E-state index contributed by atoms with van der Waals surface area (Å²) in [6.07, 6.45) is 13.0. The van der Waals surface area contributed by atoms with Crippen molar-refractivity contribution in [3.8, 4) is 0 Å². The van der Waals surface area contributed by atoms with E-state index < -0.39 is 0 Å². The first-order valence-corrected chi connectivity index (χ1v) is 16.0. The molecule has 0 spiro atoms. The minimum absolute atomic E-state index is 0.449. The highest BCUT2D eigenvalue weighted by Crippen LogP contribution is 2.50. The third-order valence-electron chi connectivity index (χ3n) is 9.14. The first-order chi connectivity index (χ1) is 20.1. The first-order valence-electron chi connectivity index (χ1n) is 16.0. The van der Waals surface area contributed by atoms with E-state index in [4.69, 9.17) is 0 Å². The van der Waals surface area contributed by atoms with Crippen LogP contribution in [0.25, 0.3) is 16.3 Å². The molecular weight excluding hydrogens is 496 g/mol. The van der Waals surface area contributed by atoms with Crippen LogP contribution in [0.2, 0.25) is 0 Å². The molecule has 0 amide bonds. The molecule has 0 bridgehead atoms. The fourth-order valence-corrected chi connectivity index (χ4v) is 7.67. The number of benzene rings is 3. The minimum Gasteiger partial charge on any atom is -0.341 e. The van der Waals surface area contributed by atoms with E-state index in [1.807, 2.05) is 33.8 Å². The second-order valence-electron chi connectivity index (χ2n) is 11.4. The summed E-state index contributed by atoms with van der Waals surface area (Å²) in [6.45, 7) is 19.0. The van der Waals surface area contributed by atoms with Crippen molar-refractivity contribution in [2.24, 2.45) is 0 Å². The molecule has 2 nitrogen and oxygen atoms in total. The predicted molar refractivity (Wildman–Crippen MR) is 181 cm³/mol. The number of anilines is 2. The fourth-order valence-electron chi connectivity index (χ4n) is 7.67. The number of hydrogen-bond donors (Lipinski definition) is 0. The Morgan fingerprint density at radius 1 is 0.732 bits per heavy atom. The summed E-state index contributed by atoms with van der Waals surface area (Å²) in [6, 6.07) is 19.7. The van der Waals surface area contributed by atoms with Crippen LogP contribution in [-0.4, -0.2) is 12.1 Å². The molecule has 3 aromatic rings. The van der Waals surface area contributed by atoms with Crippen LogP contribution in [-0.2, 0) is 19.3 Å². The van der Waals surface area contributed by atoms with Crippen molar-refractivity contribution in [2.75, 3.05) is 9.80 Å². The number of hydrogen-bond acceptors (Lipinski definition) is 2. The van der Waals surface area contributed by atoms with Crippen molar-refractivity contribution >= 4 is 27.7 Å². The maximum Gasteiger partial charge on any atom is 0.0493 e. The van der Waals surface area contributed by atoms with E-state index in [0.29, 0.717) is 12.1 Å². The molecule has 41 heavy (non-hydrogen) atoms. The molecular formula is C39H48N2. The van der Waals surface area contributed by atoms with E-state index in [2.05, 4.69) is 97.8 Å². The van der Waals surface area contributed by atoms with Crippen molar-refractivity contribution < 1.29 is 0 Å². The summed E-state index contributed by atoms with van der Waals surface area (Å²) in [7, 11) is 0. The summed E-state index contributed by atoms with van der Waals surface area (Å²) in [5.41, 5.74) is 14.9. The second-order valence-corrected chi connectivity index (χ2v) is 11.4. The van der Waals surface area contributed by atoms with Crippen molar-refractivity contribution in [3.05, 3.63) is 113 Å². The minimum atomic E-state index is 0.449. The molecule has 0 radical (unpaired) electrons. The Morgan fingerprint density at radius 2 is 1.44 bits per heavy atom. The number of nitrogens with zero attached hydrogens (tertiary/aromatic N) is 2. The Hall–Kier alpha value is -3.52. The maximum absolute atomic E-state index is 3.91. The van der Waals surface area contributed by atoms with Gasteiger partial charge in [-0.25, -0.2) is 0 Å². The van der Waals surface area contributed by atoms with Gasteiger partial charge in [0.05, 0.1) is 0 Å².